The minimum absolute atomic E-state index is 0.0805. The highest BCUT2D eigenvalue weighted by molar-refractivity contribution is 7.85. The van der Waals surface area contributed by atoms with Crippen molar-refractivity contribution in [2.24, 2.45) is 0 Å². The van der Waals surface area contributed by atoms with E-state index in [0.29, 0.717) is 6.42 Å². The molecule has 2 N–H and O–H groups in total. The van der Waals surface area contributed by atoms with Crippen molar-refractivity contribution in [3.05, 3.63) is 0 Å². The first-order valence-electron chi connectivity index (χ1n) is 7.01. The maximum atomic E-state index is 10.4. The topological polar surface area (TPSA) is 66.4 Å². The average Bonchev–Trinajstić information content (AvgIpc) is 2.26. The van der Waals surface area contributed by atoms with Crippen LogP contribution in [0.2, 0.25) is 0 Å². The Hall–Kier alpha value is -0.130. The van der Waals surface area contributed by atoms with Gasteiger partial charge >= 0.3 is 0 Å². The molecule has 0 rings (SSSR count). The van der Waals surface area contributed by atoms with E-state index in [1.807, 2.05) is 14.1 Å². The van der Waals surface area contributed by atoms with Gasteiger partial charge in [0.15, 0.2) is 0 Å². The molecule has 0 aromatic heterocycles. The maximum absolute atomic E-state index is 10.4. The first kappa shape index (κ1) is 20.2. The van der Waals surface area contributed by atoms with Crippen LogP contribution in [0.4, 0.5) is 0 Å². The lowest BCUT2D eigenvalue weighted by Gasteiger charge is -2.00. The quantitative estimate of drug-likeness (QED) is 0.476. The van der Waals surface area contributed by atoms with Gasteiger partial charge < -0.3 is 5.32 Å². The van der Waals surface area contributed by atoms with Crippen LogP contribution in [0, 0.1) is 0 Å². The molecule has 0 unspecified atom stereocenters. The summed E-state index contributed by atoms with van der Waals surface area (Å²) in [5.41, 5.74) is 0. The van der Waals surface area contributed by atoms with E-state index in [0.717, 1.165) is 12.8 Å². The van der Waals surface area contributed by atoms with Gasteiger partial charge in [-0.1, -0.05) is 58.3 Å². The van der Waals surface area contributed by atoms with Crippen molar-refractivity contribution >= 4 is 10.1 Å². The summed E-state index contributed by atoms with van der Waals surface area (Å²) in [5, 5.41) is 2.75. The van der Waals surface area contributed by atoms with Gasteiger partial charge in [0.25, 0.3) is 10.1 Å². The van der Waals surface area contributed by atoms with Crippen molar-refractivity contribution < 1.29 is 13.0 Å². The predicted octanol–water partition coefficient (Wildman–Crippen LogP) is 3.24. The van der Waals surface area contributed by atoms with E-state index in [-0.39, 0.29) is 5.75 Å². The molecule has 0 aliphatic heterocycles. The van der Waals surface area contributed by atoms with Crippen molar-refractivity contribution in [3.63, 3.8) is 0 Å². The molecule has 0 saturated heterocycles. The lowest BCUT2D eigenvalue weighted by molar-refractivity contribution is 0.478. The monoisotopic (exact) mass is 281 g/mol. The number of unbranched alkanes of at least 4 members (excludes halogenated alkanes) is 8. The standard InChI is InChI=1S/C11H24O3S.C2H7N/c1-2-3-4-5-6-7-8-9-10-11-15(12,13)14;1-3-2/h2-11H2,1H3,(H,12,13,14);3H,1-2H3. The maximum Gasteiger partial charge on any atom is 0.264 e. The zero-order valence-corrected chi connectivity index (χ0v) is 13.1. The van der Waals surface area contributed by atoms with Crippen LogP contribution in [0.1, 0.15) is 64.7 Å². The third kappa shape index (κ3) is 24.9. The van der Waals surface area contributed by atoms with E-state index in [2.05, 4.69) is 12.2 Å². The lowest BCUT2D eigenvalue weighted by atomic mass is 10.1. The fourth-order valence-electron chi connectivity index (χ4n) is 1.60. The molecule has 0 aromatic carbocycles. The Labute approximate surface area is 113 Å². The zero-order valence-electron chi connectivity index (χ0n) is 12.2. The van der Waals surface area contributed by atoms with Crippen LogP contribution < -0.4 is 5.32 Å². The van der Waals surface area contributed by atoms with Crippen LogP contribution in [-0.4, -0.2) is 32.8 Å². The summed E-state index contributed by atoms with van der Waals surface area (Å²) >= 11 is 0. The predicted molar refractivity (Wildman–Crippen MR) is 78.6 cm³/mol. The molecule has 0 heterocycles. The Morgan fingerprint density at radius 2 is 1.17 bits per heavy atom. The highest BCUT2D eigenvalue weighted by Crippen LogP contribution is 2.09. The number of rotatable bonds is 10. The van der Waals surface area contributed by atoms with Crippen LogP contribution in [0.15, 0.2) is 0 Å². The van der Waals surface area contributed by atoms with Gasteiger partial charge in [0.05, 0.1) is 5.75 Å². The largest absolute Gasteiger partial charge is 0.323 e. The van der Waals surface area contributed by atoms with Gasteiger partial charge in [-0.2, -0.15) is 8.42 Å². The van der Waals surface area contributed by atoms with Crippen LogP contribution >= 0.6 is 0 Å². The highest BCUT2D eigenvalue weighted by atomic mass is 32.2. The molecule has 18 heavy (non-hydrogen) atoms. The summed E-state index contributed by atoms with van der Waals surface area (Å²) in [6, 6.07) is 0. The molecule has 0 spiro atoms. The van der Waals surface area contributed by atoms with Crippen LogP contribution in [0.25, 0.3) is 0 Å². The summed E-state index contributed by atoms with van der Waals surface area (Å²) in [4.78, 5) is 0. The smallest absolute Gasteiger partial charge is 0.264 e. The van der Waals surface area contributed by atoms with E-state index < -0.39 is 10.1 Å². The molecule has 0 aromatic rings. The summed E-state index contributed by atoms with van der Waals surface area (Å²) in [6.07, 6.45) is 10.2. The minimum atomic E-state index is -3.73. The van der Waals surface area contributed by atoms with Crippen molar-refractivity contribution in [1.82, 2.24) is 5.32 Å². The average molecular weight is 281 g/mol. The summed E-state index contributed by atoms with van der Waals surface area (Å²) in [6.45, 7) is 2.20. The molecule has 5 heteroatoms. The zero-order chi connectivity index (χ0) is 14.3. The Bertz CT molecular complexity index is 241. The molecular weight excluding hydrogens is 250 g/mol. The van der Waals surface area contributed by atoms with Crippen LogP contribution in [-0.2, 0) is 10.1 Å². The van der Waals surface area contributed by atoms with E-state index >= 15 is 0 Å². The minimum Gasteiger partial charge on any atom is -0.323 e. The Morgan fingerprint density at radius 1 is 0.833 bits per heavy atom. The Balaban J connectivity index is 0. The molecule has 0 aliphatic rings. The molecule has 0 aliphatic carbocycles. The van der Waals surface area contributed by atoms with Crippen molar-refractivity contribution in [3.8, 4) is 0 Å². The normalized spacial score (nSPS) is 10.9. The van der Waals surface area contributed by atoms with E-state index in [9.17, 15) is 8.42 Å². The fraction of sp³-hybridized carbons (Fsp3) is 1.00. The van der Waals surface area contributed by atoms with E-state index in [1.165, 1.54) is 38.5 Å². The van der Waals surface area contributed by atoms with Crippen molar-refractivity contribution in [1.29, 1.82) is 0 Å². The molecular formula is C13H31NO3S. The Morgan fingerprint density at radius 3 is 1.50 bits per heavy atom. The second-order valence-corrected chi connectivity index (χ2v) is 6.19. The van der Waals surface area contributed by atoms with Gasteiger partial charge in [-0.25, -0.2) is 0 Å². The second kappa shape index (κ2) is 14.9. The van der Waals surface area contributed by atoms with Gasteiger partial charge in [0.2, 0.25) is 0 Å². The SMILES string of the molecule is CCCCCCCCCCCS(=O)(=O)O.CNC. The van der Waals surface area contributed by atoms with Gasteiger partial charge in [0, 0.05) is 0 Å². The number of hydrogen-bond donors (Lipinski definition) is 2. The molecule has 4 nitrogen and oxygen atoms in total. The van der Waals surface area contributed by atoms with Gasteiger partial charge in [-0.15, -0.1) is 0 Å². The first-order chi connectivity index (χ1) is 8.47. The molecule has 0 fully saturated rings. The summed E-state index contributed by atoms with van der Waals surface area (Å²) in [5.74, 6) is -0.0805. The van der Waals surface area contributed by atoms with Gasteiger partial charge in [-0.3, -0.25) is 4.55 Å². The highest BCUT2D eigenvalue weighted by Gasteiger charge is 2.02. The molecule has 0 radical (unpaired) electrons. The molecule has 0 bridgehead atoms. The van der Waals surface area contributed by atoms with Crippen molar-refractivity contribution in [2.75, 3.05) is 19.8 Å². The molecule has 0 amide bonds. The van der Waals surface area contributed by atoms with Crippen LogP contribution in [0.3, 0.4) is 0 Å². The summed E-state index contributed by atoms with van der Waals surface area (Å²) in [7, 11) is 0.0211. The van der Waals surface area contributed by atoms with Gasteiger partial charge in [-0.05, 0) is 20.5 Å². The van der Waals surface area contributed by atoms with Gasteiger partial charge in [0.1, 0.15) is 0 Å². The van der Waals surface area contributed by atoms with E-state index in [4.69, 9.17) is 4.55 Å². The Kier molecular flexibility index (Phi) is 16.7. The lowest BCUT2D eigenvalue weighted by Crippen LogP contribution is -2.03. The molecule has 112 valence electrons. The number of hydrogen-bond acceptors (Lipinski definition) is 3. The summed E-state index contributed by atoms with van der Waals surface area (Å²) < 4.78 is 29.3. The van der Waals surface area contributed by atoms with Crippen molar-refractivity contribution in [2.45, 2.75) is 64.7 Å². The molecule has 0 saturated carbocycles. The first-order valence-corrected chi connectivity index (χ1v) is 8.62. The fourth-order valence-corrected chi connectivity index (χ4v) is 2.16. The number of nitrogens with one attached hydrogen (secondary N) is 1. The second-order valence-electron chi connectivity index (χ2n) is 4.61. The molecule has 0 atom stereocenters. The third-order valence-electron chi connectivity index (χ3n) is 2.51. The van der Waals surface area contributed by atoms with Crippen LogP contribution in [0.5, 0.6) is 0 Å². The third-order valence-corrected chi connectivity index (χ3v) is 3.31. The van der Waals surface area contributed by atoms with E-state index in [1.54, 1.807) is 0 Å².